The number of carbonyl (C=O) groups is 1. The molecule has 18 heavy (non-hydrogen) atoms. The van der Waals surface area contributed by atoms with E-state index >= 15 is 0 Å². The number of aromatic nitrogens is 1. The van der Waals surface area contributed by atoms with Gasteiger partial charge in [0.1, 0.15) is 11.6 Å². The predicted molar refractivity (Wildman–Crippen MR) is 72.7 cm³/mol. The van der Waals surface area contributed by atoms with Crippen LogP contribution >= 0.6 is 15.9 Å². The van der Waals surface area contributed by atoms with E-state index < -0.39 is 5.91 Å². The second-order valence-corrected chi connectivity index (χ2v) is 4.66. The molecule has 1 aromatic heterocycles. The Balaban J connectivity index is 2.25. The van der Waals surface area contributed by atoms with E-state index in [1.54, 1.807) is 36.5 Å². The van der Waals surface area contributed by atoms with Gasteiger partial charge in [0.2, 0.25) is 0 Å². The van der Waals surface area contributed by atoms with Crippen molar-refractivity contribution in [3.63, 3.8) is 0 Å². The van der Waals surface area contributed by atoms with Crippen molar-refractivity contribution in [1.82, 2.24) is 4.98 Å². The maximum absolute atomic E-state index is 12.0. The number of nitrogens with zero attached hydrogens (tertiary/aromatic N) is 1. The van der Waals surface area contributed by atoms with Crippen LogP contribution < -0.4 is 5.32 Å². The van der Waals surface area contributed by atoms with Crippen molar-refractivity contribution in [3.8, 4) is 5.75 Å². The van der Waals surface area contributed by atoms with Gasteiger partial charge in [-0.3, -0.25) is 4.79 Å². The highest BCUT2D eigenvalue weighted by atomic mass is 79.9. The van der Waals surface area contributed by atoms with Crippen LogP contribution in [0.3, 0.4) is 0 Å². The van der Waals surface area contributed by atoms with Crippen LogP contribution in [0, 0.1) is 6.92 Å². The van der Waals surface area contributed by atoms with Crippen LogP contribution in [0.4, 0.5) is 5.82 Å². The maximum Gasteiger partial charge on any atom is 0.260 e. The average molecular weight is 307 g/mol. The van der Waals surface area contributed by atoms with Crippen molar-refractivity contribution in [2.24, 2.45) is 0 Å². The molecule has 2 rings (SSSR count). The van der Waals surface area contributed by atoms with Crippen molar-refractivity contribution in [1.29, 1.82) is 0 Å². The van der Waals surface area contributed by atoms with Crippen molar-refractivity contribution in [2.45, 2.75) is 6.92 Å². The van der Waals surface area contributed by atoms with Gasteiger partial charge in [-0.1, -0.05) is 6.07 Å². The van der Waals surface area contributed by atoms with Gasteiger partial charge in [0.15, 0.2) is 0 Å². The molecule has 2 N–H and O–H groups in total. The fourth-order valence-corrected chi connectivity index (χ4v) is 1.84. The molecular weight excluding hydrogens is 296 g/mol. The van der Waals surface area contributed by atoms with Gasteiger partial charge in [-0.15, -0.1) is 0 Å². The monoisotopic (exact) mass is 306 g/mol. The third-order valence-electron chi connectivity index (χ3n) is 2.39. The number of phenolic OH excluding ortho intramolecular Hbond substituents is 1. The summed E-state index contributed by atoms with van der Waals surface area (Å²) in [5.74, 6) is -0.0195. The van der Waals surface area contributed by atoms with Crippen LogP contribution in [0.25, 0.3) is 0 Å². The Morgan fingerprint density at radius 2 is 2.17 bits per heavy atom. The number of halogens is 1. The minimum absolute atomic E-state index is 0.0421. The maximum atomic E-state index is 12.0. The van der Waals surface area contributed by atoms with Crippen LogP contribution in [0.2, 0.25) is 0 Å². The van der Waals surface area contributed by atoms with Crippen LogP contribution in [0.5, 0.6) is 5.75 Å². The summed E-state index contributed by atoms with van der Waals surface area (Å²) in [5.41, 5.74) is 1.11. The Hall–Kier alpha value is -1.88. The average Bonchev–Trinajstić information content (AvgIpc) is 2.32. The molecule has 0 unspecified atom stereocenters. The van der Waals surface area contributed by atoms with Crippen molar-refractivity contribution >= 4 is 27.7 Å². The molecule has 0 spiro atoms. The number of pyridine rings is 1. The molecule has 4 nitrogen and oxygen atoms in total. The van der Waals surface area contributed by atoms with Gasteiger partial charge in [-0.05, 0) is 52.7 Å². The second-order valence-electron chi connectivity index (χ2n) is 3.81. The summed E-state index contributed by atoms with van der Waals surface area (Å²) in [6, 6.07) is 8.42. The lowest BCUT2D eigenvalue weighted by Crippen LogP contribution is -2.13. The molecule has 1 aromatic carbocycles. The zero-order chi connectivity index (χ0) is 13.1. The lowest BCUT2D eigenvalue weighted by atomic mass is 10.1. The molecule has 5 heteroatoms. The summed E-state index contributed by atoms with van der Waals surface area (Å²) >= 11 is 3.29. The number of phenols is 1. The second kappa shape index (κ2) is 5.18. The van der Waals surface area contributed by atoms with Gasteiger partial charge in [0, 0.05) is 6.20 Å². The molecule has 2 aromatic rings. The fraction of sp³-hybridized carbons (Fsp3) is 0.0769. The number of aryl methyl sites for hydroxylation is 1. The number of rotatable bonds is 2. The molecule has 0 aliphatic rings. The normalized spacial score (nSPS) is 10.1. The van der Waals surface area contributed by atoms with Crippen LogP contribution in [0.1, 0.15) is 15.9 Å². The Labute approximate surface area is 113 Å². The molecule has 0 aliphatic heterocycles. The Bertz CT molecular complexity index is 599. The molecule has 0 radical (unpaired) electrons. The number of hydrogen-bond donors (Lipinski definition) is 2. The molecule has 1 heterocycles. The zero-order valence-corrected chi connectivity index (χ0v) is 11.2. The largest absolute Gasteiger partial charge is 0.507 e. The predicted octanol–water partition coefficient (Wildman–Crippen LogP) is 3.11. The van der Waals surface area contributed by atoms with Gasteiger partial charge in [0.05, 0.1) is 10.0 Å². The van der Waals surface area contributed by atoms with Gasteiger partial charge in [-0.25, -0.2) is 4.98 Å². The first kappa shape index (κ1) is 12.6. The molecule has 0 atom stereocenters. The lowest BCUT2D eigenvalue weighted by molar-refractivity contribution is 0.102. The Morgan fingerprint density at radius 3 is 2.83 bits per heavy atom. The van der Waals surface area contributed by atoms with E-state index in [0.717, 1.165) is 5.56 Å². The van der Waals surface area contributed by atoms with Gasteiger partial charge in [-0.2, -0.15) is 0 Å². The van der Waals surface area contributed by atoms with Crippen molar-refractivity contribution < 1.29 is 9.90 Å². The molecule has 92 valence electrons. The van der Waals surface area contributed by atoms with Gasteiger partial charge in [0.25, 0.3) is 5.91 Å². The number of nitrogens with one attached hydrogen (secondary N) is 1. The smallest absolute Gasteiger partial charge is 0.260 e. The third kappa shape index (κ3) is 2.68. The Morgan fingerprint density at radius 1 is 1.39 bits per heavy atom. The minimum Gasteiger partial charge on any atom is -0.507 e. The molecule has 0 fully saturated rings. The number of amides is 1. The summed E-state index contributed by atoms with van der Waals surface area (Å²) in [6.45, 7) is 1.84. The summed E-state index contributed by atoms with van der Waals surface area (Å²) in [5, 5.41) is 12.3. The highest BCUT2D eigenvalue weighted by Gasteiger charge is 2.12. The Kier molecular flexibility index (Phi) is 3.62. The summed E-state index contributed by atoms with van der Waals surface area (Å²) in [4.78, 5) is 16.0. The van der Waals surface area contributed by atoms with Crippen LogP contribution in [0.15, 0.2) is 41.0 Å². The van der Waals surface area contributed by atoms with Crippen LogP contribution in [-0.4, -0.2) is 16.0 Å². The lowest BCUT2D eigenvalue weighted by Gasteiger charge is -2.07. The number of anilines is 1. The van der Waals surface area contributed by atoms with Crippen molar-refractivity contribution in [2.75, 3.05) is 5.32 Å². The molecular formula is C13H11BrN2O2. The molecule has 0 saturated heterocycles. The van der Waals surface area contributed by atoms with E-state index in [2.05, 4.69) is 26.2 Å². The van der Waals surface area contributed by atoms with Gasteiger partial charge < -0.3 is 10.4 Å². The highest BCUT2D eigenvalue weighted by molar-refractivity contribution is 9.10. The van der Waals surface area contributed by atoms with E-state index in [-0.39, 0.29) is 11.3 Å². The zero-order valence-electron chi connectivity index (χ0n) is 9.64. The van der Waals surface area contributed by atoms with E-state index in [9.17, 15) is 9.90 Å². The SMILES string of the molecule is Cc1ccc(C(=O)Nc2ncccc2Br)c(O)c1. The highest BCUT2D eigenvalue weighted by Crippen LogP contribution is 2.22. The van der Waals surface area contributed by atoms with Gasteiger partial charge >= 0.3 is 0 Å². The third-order valence-corrected chi connectivity index (χ3v) is 3.03. The fourth-order valence-electron chi connectivity index (χ4n) is 1.49. The topological polar surface area (TPSA) is 62.2 Å². The quantitative estimate of drug-likeness (QED) is 0.896. The first-order chi connectivity index (χ1) is 8.58. The van der Waals surface area contributed by atoms with Crippen molar-refractivity contribution in [3.05, 3.63) is 52.1 Å². The molecule has 0 saturated carbocycles. The first-order valence-electron chi connectivity index (χ1n) is 5.29. The minimum atomic E-state index is -0.396. The first-order valence-corrected chi connectivity index (χ1v) is 6.08. The van der Waals surface area contributed by atoms with E-state index in [4.69, 9.17) is 0 Å². The summed E-state index contributed by atoms with van der Waals surface area (Å²) in [6.07, 6.45) is 1.58. The van der Waals surface area contributed by atoms with E-state index in [0.29, 0.717) is 10.3 Å². The number of carbonyl (C=O) groups excluding carboxylic acids is 1. The number of hydrogen-bond acceptors (Lipinski definition) is 3. The molecule has 0 aliphatic carbocycles. The van der Waals surface area contributed by atoms with E-state index in [1.807, 2.05) is 6.92 Å². The molecule has 0 bridgehead atoms. The summed E-state index contributed by atoms with van der Waals surface area (Å²) < 4.78 is 0.685. The number of benzene rings is 1. The van der Waals surface area contributed by atoms with Crippen LogP contribution in [-0.2, 0) is 0 Å². The van der Waals surface area contributed by atoms with E-state index in [1.165, 1.54) is 0 Å². The summed E-state index contributed by atoms with van der Waals surface area (Å²) in [7, 11) is 0. The standard InChI is InChI=1S/C13H11BrN2O2/c1-8-4-5-9(11(17)7-8)13(18)16-12-10(14)3-2-6-15-12/h2-7,17H,1H3,(H,15,16,18). The number of aromatic hydroxyl groups is 1. The molecule has 1 amide bonds.